The van der Waals surface area contributed by atoms with E-state index in [9.17, 15) is 15.2 Å². The third-order valence-corrected chi connectivity index (χ3v) is 6.23. The standard InChI is InChI=1S/C15H25NO5/c1-9(2)11-7-14-10(3)5-6-12(14)13(4,21-16(18)19)8-15(11,17)20-14/h9-12,17H,5-8H2,1-4H3. The lowest BCUT2D eigenvalue weighted by Crippen LogP contribution is -2.60. The summed E-state index contributed by atoms with van der Waals surface area (Å²) in [5.74, 6) is -0.797. The van der Waals surface area contributed by atoms with E-state index in [-0.39, 0.29) is 30.1 Å². The average Bonchev–Trinajstić information content (AvgIpc) is 2.75. The molecule has 0 aromatic rings. The van der Waals surface area contributed by atoms with Gasteiger partial charge in [0.15, 0.2) is 5.79 Å². The summed E-state index contributed by atoms with van der Waals surface area (Å²) in [6, 6.07) is 0. The average molecular weight is 299 g/mol. The number of nitrogens with zero attached hydrogens (tertiary/aromatic N) is 1. The van der Waals surface area contributed by atoms with Gasteiger partial charge in [-0.05, 0) is 38.0 Å². The predicted molar refractivity (Wildman–Crippen MR) is 74.7 cm³/mol. The van der Waals surface area contributed by atoms with Crippen LogP contribution in [0, 0.1) is 33.8 Å². The van der Waals surface area contributed by atoms with Gasteiger partial charge in [0.05, 0.1) is 5.60 Å². The van der Waals surface area contributed by atoms with Gasteiger partial charge in [-0.25, -0.2) is 0 Å². The van der Waals surface area contributed by atoms with E-state index in [4.69, 9.17) is 9.57 Å². The number of rotatable bonds is 3. The molecule has 2 aliphatic heterocycles. The minimum Gasteiger partial charge on any atom is -0.365 e. The Kier molecular flexibility index (Phi) is 3.09. The second-order valence-corrected chi connectivity index (χ2v) is 7.79. The van der Waals surface area contributed by atoms with Crippen molar-refractivity contribution in [1.82, 2.24) is 0 Å². The van der Waals surface area contributed by atoms with E-state index in [1.54, 1.807) is 6.92 Å². The number of hydrogen-bond donors (Lipinski definition) is 1. The molecule has 3 aliphatic rings. The number of hydrogen-bond acceptors (Lipinski definition) is 5. The van der Waals surface area contributed by atoms with Crippen molar-refractivity contribution in [2.24, 2.45) is 23.7 Å². The van der Waals surface area contributed by atoms with E-state index in [2.05, 4.69) is 20.8 Å². The molecule has 0 aromatic carbocycles. The highest BCUT2D eigenvalue weighted by atomic mass is 17.0. The zero-order chi connectivity index (χ0) is 15.6. The summed E-state index contributed by atoms with van der Waals surface area (Å²) in [5.41, 5.74) is -1.45. The summed E-state index contributed by atoms with van der Waals surface area (Å²) in [6.07, 6.45) is 2.75. The molecule has 2 bridgehead atoms. The molecule has 2 heterocycles. The van der Waals surface area contributed by atoms with Crippen LogP contribution in [0.3, 0.4) is 0 Å². The summed E-state index contributed by atoms with van der Waals surface area (Å²) in [4.78, 5) is 16.0. The van der Waals surface area contributed by atoms with Crippen LogP contribution < -0.4 is 0 Å². The van der Waals surface area contributed by atoms with E-state index < -0.39 is 22.1 Å². The fraction of sp³-hybridized carbons (Fsp3) is 1.00. The molecule has 2 saturated heterocycles. The van der Waals surface area contributed by atoms with Gasteiger partial charge < -0.3 is 14.7 Å². The molecular weight excluding hydrogens is 274 g/mol. The maximum atomic E-state index is 11.0. The monoisotopic (exact) mass is 299 g/mol. The number of fused-ring (bicyclic) bond motifs is 1. The smallest absolute Gasteiger partial charge is 0.295 e. The lowest BCUT2D eigenvalue weighted by atomic mass is 9.72. The highest BCUT2D eigenvalue weighted by Gasteiger charge is 2.72. The van der Waals surface area contributed by atoms with E-state index in [0.717, 1.165) is 19.3 Å². The highest BCUT2D eigenvalue weighted by molar-refractivity contribution is 5.17. The lowest BCUT2D eigenvalue weighted by molar-refractivity contribution is -0.786. The Morgan fingerprint density at radius 2 is 2.10 bits per heavy atom. The van der Waals surface area contributed by atoms with E-state index >= 15 is 0 Å². The second-order valence-electron chi connectivity index (χ2n) is 7.79. The number of ether oxygens (including phenoxy) is 1. The Morgan fingerprint density at radius 1 is 1.43 bits per heavy atom. The molecule has 1 spiro atoms. The van der Waals surface area contributed by atoms with Crippen LogP contribution in [0.2, 0.25) is 0 Å². The third kappa shape index (κ3) is 1.91. The number of aliphatic hydroxyl groups is 1. The lowest BCUT2D eigenvalue weighted by Gasteiger charge is -2.51. The second kappa shape index (κ2) is 4.32. The maximum Gasteiger partial charge on any atom is 0.295 e. The molecule has 120 valence electrons. The summed E-state index contributed by atoms with van der Waals surface area (Å²) >= 11 is 0. The molecular formula is C15H25NO5. The Balaban J connectivity index is 2.05. The van der Waals surface area contributed by atoms with Gasteiger partial charge in [-0.15, -0.1) is 10.1 Å². The molecule has 21 heavy (non-hydrogen) atoms. The Hall–Kier alpha value is -0.880. The quantitative estimate of drug-likeness (QED) is 0.639. The first-order valence-electron chi connectivity index (χ1n) is 7.89. The third-order valence-electron chi connectivity index (χ3n) is 6.23. The zero-order valence-electron chi connectivity index (χ0n) is 13.2. The van der Waals surface area contributed by atoms with Crippen molar-refractivity contribution in [1.29, 1.82) is 0 Å². The molecule has 3 fully saturated rings. The molecule has 1 aliphatic carbocycles. The van der Waals surface area contributed by atoms with Gasteiger partial charge in [0, 0.05) is 18.3 Å². The van der Waals surface area contributed by atoms with Crippen LogP contribution in [0.5, 0.6) is 0 Å². The highest BCUT2D eigenvalue weighted by Crippen LogP contribution is 2.65. The minimum atomic E-state index is -1.31. The first-order valence-corrected chi connectivity index (χ1v) is 7.89. The Labute approximate surface area is 124 Å². The molecule has 0 aromatic heterocycles. The SMILES string of the molecule is CC(C)C1CC23OC1(O)CC(C)(O[N+](=O)[O-])C2CCC3C. The topological polar surface area (TPSA) is 81.8 Å². The summed E-state index contributed by atoms with van der Waals surface area (Å²) < 4.78 is 6.21. The molecule has 0 radical (unpaired) electrons. The predicted octanol–water partition coefficient (Wildman–Crippen LogP) is 2.52. The van der Waals surface area contributed by atoms with Crippen molar-refractivity contribution in [3.63, 3.8) is 0 Å². The van der Waals surface area contributed by atoms with Crippen LogP contribution in [0.25, 0.3) is 0 Å². The van der Waals surface area contributed by atoms with Crippen LogP contribution in [-0.4, -0.2) is 27.2 Å². The first-order chi connectivity index (χ1) is 9.63. The molecule has 6 heteroatoms. The molecule has 1 N–H and O–H groups in total. The van der Waals surface area contributed by atoms with Gasteiger partial charge in [0.1, 0.15) is 5.60 Å². The van der Waals surface area contributed by atoms with Crippen molar-refractivity contribution in [3.05, 3.63) is 10.1 Å². The summed E-state index contributed by atoms with van der Waals surface area (Å²) in [5, 5.41) is 21.3. The Morgan fingerprint density at radius 3 is 2.67 bits per heavy atom. The van der Waals surface area contributed by atoms with Gasteiger partial charge in [-0.2, -0.15) is 0 Å². The van der Waals surface area contributed by atoms with Crippen molar-refractivity contribution >= 4 is 0 Å². The molecule has 3 rings (SSSR count). The van der Waals surface area contributed by atoms with Crippen molar-refractivity contribution in [2.75, 3.05) is 0 Å². The van der Waals surface area contributed by atoms with Crippen LogP contribution in [0.15, 0.2) is 0 Å². The first kappa shape index (κ1) is 15.0. The molecule has 6 atom stereocenters. The van der Waals surface area contributed by atoms with Gasteiger partial charge >= 0.3 is 0 Å². The largest absolute Gasteiger partial charge is 0.365 e. The van der Waals surface area contributed by atoms with E-state index in [0.29, 0.717) is 0 Å². The normalized spacial score (nSPS) is 52.0. The van der Waals surface area contributed by atoms with E-state index in [1.165, 1.54) is 0 Å². The maximum absolute atomic E-state index is 11.0. The van der Waals surface area contributed by atoms with Crippen LogP contribution in [-0.2, 0) is 9.57 Å². The zero-order valence-corrected chi connectivity index (χ0v) is 13.2. The van der Waals surface area contributed by atoms with Crippen molar-refractivity contribution < 1.29 is 19.8 Å². The Bertz CT molecular complexity index is 469. The van der Waals surface area contributed by atoms with E-state index in [1.807, 2.05) is 0 Å². The van der Waals surface area contributed by atoms with Crippen LogP contribution in [0.4, 0.5) is 0 Å². The summed E-state index contributed by atoms with van der Waals surface area (Å²) in [7, 11) is 0. The molecule has 0 amide bonds. The van der Waals surface area contributed by atoms with Crippen molar-refractivity contribution in [3.8, 4) is 0 Å². The van der Waals surface area contributed by atoms with Gasteiger partial charge in [-0.1, -0.05) is 20.8 Å². The molecule has 1 saturated carbocycles. The van der Waals surface area contributed by atoms with Gasteiger partial charge in [0.2, 0.25) is 0 Å². The van der Waals surface area contributed by atoms with Crippen molar-refractivity contribution in [2.45, 2.75) is 70.4 Å². The fourth-order valence-corrected chi connectivity index (χ4v) is 5.35. The summed E-state index contributed by atoms with van der Waals surface area (Å²) in [6.45, 7) is 8.04. The minimum absolute atomic E-state index is 0.00210. The van der Waals surface area contributed by atoms with Crippen LogP contribution >= 0.6 is 0 Å². The van der Waals surface area contributed by atoms with Gasteiger partial charge in [-0.3, -0.25) is 0 Å². The molecule has 6 unspecified atom stereocenters. The van der Waals surface area contributed by atoms with Crippen LogP contribution in [0.1, 0.15) is 53.4 Å². The fourth-order valence-electron chi connectivity index (χ4n) is 5.35. The molecule has 6 nitrogen and oxygen atoms in total. The van der Waals surface area contributed by atoms with Gasteiger partial charge in [0.25, 0.3) is 5.09 Å².